The van der Waals surface area contributed by atoms with Gasteiger partial charge < -0.3 is 15.0 Å². The predicted molar refractivity (Wildman–Crippen MR) is 78.3 cm³/mol. The fourth-order valence-corrected chi connectivity index (χ4v) is 2.14. The third-order valence-electron chi connectivity index (χ3n) is 3.20. The Morgan fingerprint density at radius 2 is 1.62 bits per heavy atom. The summed E-state index contributed by atoms with van der Waals surface area (Å²) in [6.45, 7) is 0. The van der Waals surface area contributed by atoms with Crippen molar-refractivity contribution in [3.63, 3.8) is 0 Å². The van der Waals surface area contributed by atoms with Gasteiger partial charge in [0.15, 0.2) is 11.6 Å². The van der Waals surface area contributed by atoms with E-state index in [2.05, 4.69) is 5.16 Å². The van der Waals surface area contributed by atoms with Crippen LogP contribution in [0.4, 0.5) is 10.2 Å². The highest BCUT2D eigenvalue weighted by molar-refractivity contribution is 5.86. The van der Waals surface area contributed by atoms with Crippen molar-refractivity contribution < 1.29 is 13.7 Å². The number of rotatable bonds is 3. The van der Waals surface area contributed by atoms with Gasteiger partial charge in [0.1, 0.15) is 11.6 Å². The van der Waals surface area contributed by atoms with Crippen molar-refractivity contribution in [1.82, 2.24) is 5.16 Å². The van der Waals surface area contributed by atoms with Crippen LogP contribution in [0.1, 0.15) is 0 Å². The smallest absolute Gasteiger partial charge is 0.176 e. The van der Waals surface area contributed by atoms with E-state index in [1.54, 1.807) is 19.2 Å². The number of halogens is 1. The van der Waals surface area contributed by atoms with E-state index in [9.17, 15) is 4.39 Å². The van der Waals surface area contributed by atoms with E-state index in [1.807, 2.05) is 24.3 Å². The number of anilines is 1. The summed E-state index contributed by atoms with van der Waals surface area (Å²) in [5.41, 5.74) is 8.16. The third-order valence-corrected chi connectivity index (χ3v) is 3.20. The Bertz CT molecular complexity index is 749. The molecule has 1 aromatic heterocycles. The number of hydrogen-bond donors (Lipinski definition) is 1. The first-order chi connectivity index (χ1) is 10.2. The molecule has 3 aromatic rings. The van der Waals surface area contributed by atoms with E-state index in [-0.39, 0.29) is 5.82 Å². The monoisotopic (exact) mass is 284 g/mol. The molecule has 2 aromatic carbocycles. The molecule has 5 heteroatoms. The number of nitrogen functional groups attached to an aromatic ring is 1. The number of nitrogens with two attached hydrogens (primary N) is 1. The van der Waals surface area contributed by atoms with Crippen molar-refractivity contribution in [2.75, 3.05) is 12.8 Å². The van der Waals surface area contributed by atoms with Crippen molar-refractivity contribution in [3.05, 3.63) is 54.3 Å². The molecule has 0 bridgehead atoms. The first kappa shape index (κ1) is 13.2. The Hall–Kier alpha value is -2.82. The maximum Gasteiger partial charge on any atom is 0.176 e. The van der Waals surface area contributed by atoms with Crippen LogP contribution in [-0.4, -0.2) is 12.3 Å². The fourth-order valence-electron chi connectivity index (χ4n) is 2.14. The molecule has 1 heterocycles. The van der Waals surface area contributed by atoms with Crippen LogP contribution in [0, 0.1) is 5.82 Å². The summed E-state index contributed by atoms with van der Waals surface area (Å²) in [5.74, 6) is 1.24. The van der Waals surface area contributed by atoms with Crippen molar-refractivity contribution in [1.29, 1.82) is 0 Å². The van der Waals surface area contributed by atoms with Gasteiger partial charge >= 0.3 is 0 Å². The number of nitrogens with zero attached hydrogens (tertiary/aromatic N) is 1. The van der Waals surface area contributed by atoms with E-state index in [0.29, 0.717) is 22.7 Å². The summed E-state index contributed by atoms with van der Waals surface area (Å²) >= 11 is 0. The average molecular weight is 284 g/mol. The van der Waals surface area contributed by atoms with Gasteiger partial charge in [-0.1, -0.05) is 17.3 Å². The predicted octanol–water partition coefficient (Wildman–Crippen LogP) is 3.74. The molecule has 0 spiro atoms. The number of ether oxygens (including phenoxy) is 1. The van der Waals surface area contributed by atoms with Crippen LogP contribution in [0.2, 0.25) is 0 Å². The highest BCUT2D eigenvalue weighted by atomic mass is 19.1. The van der Waals surface area contributed by atoms with Gasteiger partial charge in [-0.3, -0.25) is 0 Å². The molecule has 0 unspecified atom stereocenters. The summed E-state index contributed by atoms with van der Waals surface area (Å²) in [6.07, 6.45) is 0. The lowest BCUT2D eigenvalue weighted by Gasteiger charge is -2.04. The Balaban J connectivity index is 2.09. The van der Waals surface area contributed by atoms with Crippen LogP contribution in [0.15, 0.2) is 53.1 Å². The van der Waals surface area contributed by atoms with Gasteiger partial charge in [-0.2, -0.15) is 0 Å². The Kier molecular flexibility index (Phi) is 3.31. The Morgan fingerprint density at radius 1 is 1.00 bits per heavy atom. The van der Waals surface area contributed by atoms with E-state index < -0.39 is 0 Å². The molecule has 21 heavy (non-hydrogen) atoms. The molecule has 3 rings (SSSR count). The lowest BCUT2D eigenvalue weighted by atomic mass is 10.0. The number of hydrogen-bond acceptors (Lipinski definition) is 4. The second-order valence-electron chi connectivity index (χ2n) is 4.51. The van der Waals surface area contributed by atoms with Crippen molar-refractivity contribution in [2.45, 2.75) is 0 Å². The highest BCUT2D eigenvalue weighted by Gasteiger charge is 2.17. The molecular formula is C16H13FN2O2. The maximum atomic E-state index is 13.0. The first-order valence-corrected chi connectivity index (χ1v) is 6.34. The summed E-state index contributed by atoms with van der Waals surface area (Å²) in [6, 6.07) is 13.4. The molecule has 106 valence electrons. The van der Waals surface area contributed by atoms with Crippen molar-refractivity contribution >= 4 is 5.82 Å². The van der Waals surface area contributed by atoms with Crippen LogP contribution >= 0.6 is 0 Å². The zero-order valence-corrected chi connectivity index (χ0v) is 11.3. The third kappa shape index (κ3) is 2.45. The molecule has 0 aliphatic carbocycles. The fraction of sp³-hybridized carbons (Fsp3) is 0.0625. The SMILES string of the molecule is COc1ccc(-c2c(N)noc2-c2ccc(F)cc2)cc1. The van der Waals surface area contributed by atoms with Gasteiger partial charge in [0.05, 0.1) is 12.7 Å². The lowest BCUT2D eigenvalue weighted by Crippen LogP contribution is -1.89. The molecule has 0 amide bonds. The number of methoxy groups -OCH3 is 1. The van der Waals surface area contributed by atoms with Gasteiger partial charge in [-0.25, -0.2) is 4.39 Å². The summed E-state index contributed by atoms with van der Waals surface area (Å²) in [5, 5.41) is 3.81. The van der Waals surface area contributed by atoms with Gasteiger partial charge in [0, 0.05) is 5.56 Å². The highest BCUT2D eigenvalue weighted by Crippen LogP contribution is 2.37. The first-order valence-electron chi connectivity index (χ1n) is 6.34. The molecule has 0 atom stereocenters. The summed E-state index contributed by atoms with van der Waals surface area (Å²) in [4.78, 5) is 0. The minimum atomic E-state index is -0.308. The molecule has 0 aliphatic heterocycles. The average Bonchev–Trinajstić information content (AvgIpc) is 2.90. The molecular weight excluding hydrogens is 271 g/mol. The summed E-state index contributed by atoms with van der Waals surface area (Å²) in [7, 11) is 1.60. The normalized spacial score (nSPS) is 10.6. The summed E-state index contributed by atoms with van der Waals surface area (Å²) < 4.78 is 23.5. The standard InChI is InChI=1S/C16H13FN2O2/c1-20-13-8-4-10(5-9-13)14-15(21-19-16(14)18)11-2-6-12(17)7-3-11/h2-9H,1H3,(H2,18,19). The quantitative estimate of drug-likeness (QED) is 0.796. The zero-order chi connectivity index (χ0) is 14.8. The Labute approximate surface area is 120 Å². The molecule has 0 aliphatic rings. The Morgan fingerprint density at radius 3 is 2.24 bits per heavy atom. The molecule has 0 saturated heterocycles. The van der Waals surface area contributed by atoms with E-state index in [1.165, 1.54) is 12.1 Å². The maximum absolute atomic E-state index is 13.0. The largest absolute Gasteiger partial charge is 0.497 e. The van der Waals surface area contributed by atoms with Gasteiger partial charge in [0.2, 0.25) is 0 Å². The van der Waals surface area contributed by atoms with E-state index >= 15 is 0 Å². The van der Waals surface area contributed by atoms with Gasteiger partial charge in [-0.15, -0.1) is 0 Å². The molecule has 4 nitrogen and oxygen atoms in total. The van der Waals surface area contributed by atoms with Crippen LogP contribution in [0.3, 0.4) is 0 Å². The second-order valence-corrected chi connectivity index (χ2v) is 4.51. The number of benzene rings is 2. The van der Waals surface area contributed by atoms with Crippen LogP contribution < -0.4 is 10.5 Å². The van der Waals surface area contributed by atoms with Crippen molar-refractivity contribution in [2.24, 2.45) is 0 Å². The van der Waals surface area contributed by atoms with Crippen LogP contribution in [0.25, 0.3) is 22.5 Å². The second kappa shape index (κ2) is 5.28. The molecule has 0 saturated carbocycles. The minimum Gasteiger partial charge on any atom is -0.497 e. The van der Waals surface area contributed by atoms with Crippen LogP contribution in [-0.2, 0) is 0 Å². The number of aromatic nitrogens is 1. The lowest BCUT2D eigenvalue weighted by molar-refractivity contribution is 0.415. The zero-order valence-electron chi connectivity index (χ0n) is 11.3. The molecule has 2 N–H and O–H groups in total. The van der Waals surface area contributed by atoms with E-state index in [0.717, 1.165) is 11.3 Å². The van der Waals surface area contributed by atoms with Crippen molar-refractivity contribution in [3.8, 4) is 28.2 Å². The van der Waals surface area contributed by atoms with Gasteiger partial charge in [-0.05, 0) is 42.0 Å². The topological polar surface area (TPSA) is 61.3 Å². The minimum absolute atomic E-state index is 0.291. The van der Waals surface area contributed by atoms with E-state index in [4.69, 9.17) is 15.0 Å². The van der Waals surface area contributed by atoms with Crippen LogP contribution in [0.5, 0.6) is 5.75 Å². The molecule has 0 radical (unpaired) electrons. The van der Waals surface area contributed by atoms with Gasteiger partial charge in [0.25, 0.3) is 0 Å². The molecule has 0 fully saturated rings.